The van der Waals surface area contributed by atoms with Crippen LogP contribution in [-0.2, 0) is 10.1 Å². The van der Waals surface area contributed by atoms with Crippen molar-refractivity contribution in [2.75, 3.05) is 5.75 Å². The third-order valence-electron chi connectivity index (χ3n) is 2.85. The standard InChI is InChI=1S/C12H16Cl2O3S/c1-8(2)10(5-6-18(15,16)17)11-4-3-9(13)7-12(11)14/h3-4,7-8,10H,5-6H2,1-2H3,(H,15,16,17). The maximum atomic E-state index is 10.8. The Morgan fingerprint density at radius 3 is 2.33 bits per heavy atom. The molecule has 18 heavy (non-hydrogen) atoms. The molecule has 3 nitrogen and oxygen atoms in total. The molecule has 0 aliphatic heterocycles. The second-order valence-electron chi connectivity index (χ2n) is 4.59. The van der Waals surface area contributed by atoms with Crippen molar-refractivity contribution in [1.82, 2.24) is 0 Å². The SMILES string of the molecule is CC(C)C(CCS(=O)(=O)O)c1ccc(Cl)cc1Cl. The van der Waals surface area contributed by atoms with E-state index in [2.05, 4.69) is 0 Å². The largest absolute Gasteiger partial charge is 0.286 e. The summed E-state index contributed by atoms with van der Waals surface area (Å²) in [6.07, 6.45) is 0.331. The summed E-state index contributed by atoms with van der Waals surface area (Å²) in [6, 6.07) is 5.17. The van der Waals surface area contributed by atoms with Crippen LogP contribution in [0.5, 0.6) is 0 Å². The van der Waals surface area contributed by atoms with E-state index < -0.39 is 10.1 Å². The summed E-state index contributed by atoms with van der Waals surface area (Å²) in [7, 11) is -3.95. The summed E-state index contributed by atoms with van der Waals surface area (Å²) in [5.74, 6) is -0.0865. The Morgan fingerprint density at radius 1 is 1.28 bits per heavy atom. The van der Waals surface area contributed by atoms with Crippen LogP contribution in [-0.4, -0.2) is 18.7 Å². The fourth-order valence-corrected chi connectivity index (χ4v) is 3.03. The second-order valence-corrected chi connectivity index (χ2v) is 7.01. The quantitative estimate of drug-likeness (QED) is 0.836. The topological polar surface area (TPSA) is 54.4 Å². The van der Waals surface area contributed by atoms with Crippen LogP contribution in [0.3, 0.4) is 0 Å². The van der Waals surface area contributed by atoms with E-state index in [-0.39, 0.29) is 17.6 Å². The first-order valence-corrected chi connectivity index (χ1v) is 7.97. The highest BCUT2D eigenvalue weighted by Crippen LogP contribution is 2.34. The van der Waals surface area contributed by atoms with Crippen LogP contribution in [0.1, 0.15) is 31.7 Å². The Morgan fingerprint density at radius 2 is 1.89 bits per heavy atom. The summed E-state index contributed by atoms with van der Waals surface area (Å²) in [5.41, 5.74) is 0.861. The number of hydrogen-bond donors (Lipinski definition) is 1. The average molecular weight is 311 g/mol. The molecule has 0 spiro atoms. The molecule has 1 N–H and O–H groups in total. The zero-order valence-corrected chi connectivity index (χ0v) is 12.6. The van der Waals surface area contributed by atoms with Gasteiger partial charge >= 0.3 is 0 Å². The molecule has 6 heteroatoms. The Labute approximate surface area is 118 Å². The van der Waals surface area contributed by atoms with Gasteiger partial charge in [0.15, 0.2) is 0 Å². The smallest absolute Gasteiger partial charge is 0.264 e. The normalized spacial score (nSPS) is 13.9. The van der Waals surface area contributed by atoms with Crippen molar-refractivity contribution in [3.8, 4) is 0 Å². The monoisotopic (exact) mass is 310 g/mol. The number of benzene rings is 1. The van der Waals surface area contributed by atoms with E-state index >= 15 is 0 Å². The Kier molecular flexibility index (Phi) is 5.46. The zero-order valence-electron chi connectivity index (χ0n) is 10.2. The van der Waals surface area contributed by atoms with Gasteiger partial charge in [0.1, 0.15) is 0 Å². The van der Waals surface area contributed by atoms with Crippen molar-refractivity contribution in [2.24, 2.45) is 5.92 Å². The van der Waals surface area contributed by atoms with Gasteiger partial charge in [-0.1, -0.05) is 43.1 Å². The first-order chi connectivity index (χ1) is 8.20. The van der Waals surface area contributed by atoms with Gasteiger partial charge in [-0.25, -0.2) is 0 Å². The molecule has 0 bridgehead atoms. The van der Waals surface area contributed by atoms with Gasteiger partial charge in [0.25, 0.3) is 10.1 Å². The molecule has 1 aromatic rings. The molecule has 0 saturated carbocycles. The number of rotatable bonds is 5. The van der Waals surface area contributed by atoms with Crippen LogP contribution in [0.4, 0.5) is 0 Å². The van der Waals surface area contributed by atoms with E-state index in [9.17, 15) is 8.42 Å². The fraction of sp³-hybridized carbons (Fsp3) is 0.500. The van der Waals surface area contributed by atoms with Gasteiger partial charge in [0.2, 0.25) is 0 Å². The molecular formula is C12H16Cl2O3S. The second kappa shape index (κ2) is 6.24. The molecule has 0 amide bonds. The van der Waals surface area contributed by atoms with E-state index in [1.807, 2.05) is 13.8 Å². The zero-order chi connectivity index (χ0) is 13.9. The first-order valence-electron chi connectivity index (χ1n) is 5.61. The van der Waals surface area contributed by atoms with Crippen LogP contribution in [0.25, 0.3) is 0 Å². The van der Waals surface area contributed by atoms with Gasteiger partial charge in [-0.3, -0.25) is 4.55 Å². The minimum Gasteiger partial charge on any atom is -0.286 e. The van der Waals surface area contributed by atoms with E-state index in [4.69, 9.17) is 27.8 Å². The Bertz CT molecular complexity index is 512. The van der Waals surface area contributed by atoms with Crippen molar-refractivity contribution in [2.45, 2.75) is 26.2 Å². The molecule has 0 saturated heterocycles. The molecule has 0 aliphatic carbocycles. The third-order valence-corrected chi connectivity index (χ3v) is 4.17. The minimum absolute atomic E-state index is 0.0308. The summed E-state index contributed by atoms with van der Waals surface area (Å²) in [4.78, 5) is 0. The first kappa shape index (κ1) is 15.8. The Balaban J connectivity index is 2.98. The molecule has 0 aliphatic rings. The molecule has 1 atom stereocenters. The molecule has 0 heterocycles. The summed E-state index contributed by atoms with van der Waals surface area (Å²) < 4.78 is 30.5. The van der Waals surface area contributed by atoms with E-state index in [1.165, 1.54) is 0 Å². The number of hydrogen-bond acceptors (Lipinski definition) is 2. The van der Waals surface area contributed by atoms with Crippen molar-refractivity contribution < 1.29 is 13.0 Å². The van der Waals surface area contributed by atoms with Gasteiger partial charge < -0.3 is 0 Å². The third kappa shape index (κ3) is 4.76. The van der Waals surface area contributed by atoms with E-state index in [0.717, 1.165) is 5.56 Å². The lowest BCUT2D eigenvalue weighted by molar-refractivity contribution is 0.455. The van der Waals surface area contributed by atoms with Crippen LogP contribution in [0, 0.1) is 5.92 Å². The van der Waals surface area contributed by atoms with Crippen LogP contribution in [0.2, 0.25) is 10.0 Å². The molecule has 0 aromatic heterocycles. The van der Waals surface area contributed by atoms with Crippen LogP contribution < -0.4 is 0 Å². The molecule has 0 radical (unpaired) electrons. The van der Waals surface area contributed by atoms with E-state index in [0.29, 0.717) is 16.5 Å². The lowest BCUT2D eigenvalue weighted by atomic mass is 9.86. The molecule has 1 aromatic carbocycles. The van der Waals surface area contributed by atoms with Gasteiger partial charge in [-0.2, -0.15) is 8.42 Å². The average Bonchev–Trinajstić information content (AvgIpc) is 2.18. The molecule has 1 rings (SSSR count). The van der Waals surface area contributed by atoms with Crippen LogP contribution in [0.15, 0.2) is 18.2 Å². The van der Waals surface area contributed by atoms with Crippen LogP contribution >= 0.6 is 23.2 Å². The lowest BCUT2D eigenvalue weighted by Crippen LogP contribution is -2.14. The lowest BCUT2D eigenvalue weighted by Gasteiger charge is -2.22. The minimum atomic E-state index is -3.95. The van der Waals surface area contributed by atoms with Crippen molar-refractivity contribution in [3.63, 3.8) is 0 Å². The molecule has 102 valence electrons. The fourth-order valence-electron chi connectivity index (χ4n) is 1.93. The van der Waals surface area contributed by atoms with Crippen molar-refractivity contribution in [3.05, 3.63) is 33.8 Å². The maximum Gasteiger partial charge on any atom is 0.264 e. The van der Waals surface area contributed by atoms with Gasteiger partial charge in [0.05, 0.1) is 5.75 Å². The van der Waals surface area contributed by atoms with Gasteiger partial charge in [-0.15, -0.1) is 0 Å². The Hall–Kier alpha value is -0.290. The highest BCUT2D eigenvalue weighted by atomic mass is 35.5. The number of halogens is 2. The molecule has 0 fully saturated rings. The van der Waals surface area contributed by atoms with Crippen molar-refractivity contribution in [1.29, 1.82) is 0 Å². The highest BCUT2D eigenvalue weighted by Gasteiger charge is 2.21. The molecular weight excluding hydrogens is 295 g/mol. The predicted octanol–water partition coefficient (Wildman–Crippen LogP) is 4.01. The van der Waals surface area contributed by atoms with E-state index in [1.54, 1.807) is 18.2 Å². The summed E-state index contributed by atoms with van der Waals surface area (Å²) in [5, 5.41) is 1.07. The highest BCUT2D eigenvalue weighted by molar-refractivity contribution is 7.85. The molecule has 1 unspecified atom stereocenters. The summed E-state index contributed by atoms with van der Waals surface area (Å²) >= 11 is 12.0. The van der Waals surface area contributed by atoms with Gasteiger partial charge in [0, 0.05) is 10.0 Å². The van der Waals surface area contributed by atoms with Crippen molar-refractivity contribution >= 4 is 33.3 Å². The van der Waals surface area contributed by atoms with Gasteiger partial charge in [-0.05, 0) is 36.0 Å². The predicted molar refractivity (Wildman–Crippen MR) is 75.1 cm³/mol. The maximum absolute atomic E-state index is 10.8. The summed E-state index contributed by atoms with van der Waals surface area (Å²) in [6.45, 7) is 3.97.